The molecule has 1 fully saturated rings. The third-order valence-corrected chi connectivity index (χ3v) is 7.12. The summed E-state index contributed by atoms with van der Waals surface area (Å²) < 4.78 is 2.92. The maximum Gasteiger partial charge on any atom is 0.0954 e. The lowest BCUT2D eigenvalue weighted by Gasteiger charge is -2.44. The summed E-state index contributed by atoms with van der Waals surface area (Å²) in [5, 5.41) is 1.06. The fourth-order valence-electron chi connectivity index (χ4n) is 2.76. The zero-order valence-electron chi connectivity index (χ0n) is 11.3. The summed E-state index contributed by atoms with van der Waals surface area (Å²) in [4.78, 5) is 0. The number of hydrogen-bond acceptors (Lipinski definition) is 1. The molecular weight excluding hydrogens is 214 g/mol. The van der Waals surface area contributed by atoms with E-state index in [2.05, 4.69) is 32.3 Å². The van der Waals surface area contributed by atoms with Gasteiger partial charge in [-0.15, -0.1) is 0 Å². The van der Waals surface area contributed by atoms with Gasteiger partial charge in [-0.3, -0.25) is 0 Å². The predicted molar refractivity (Wildman–Crippen MR) is 76.4 cm³/mol. The topological polar surface area (TPSA) is 3.24 Å². The molecule has 1 nitrogen and oxygen atoms in total. The molecule has 0 amide bonds. The van der Waals surface area contributed by atoms with Crippen molar-refractivity contribution in [3.8, 4) is 0 Å². The summed E-state index contributed by atoms with van der Waals surface area (Å²) in [7, 11) is 1.40. The van der Waals surface area contributed by atoms with Gasteiger partial charge >= 0.3 is 0 Å². The van der Waals surface area contributed by atoms with Crippen molar-refractivity contribution < 1.29 is 0 Å². The van der Waals surface area contributed by atoms with Crippen molar-refractivity contribution in [3.05, 3.63) is 0 Å². The lowest BCUT2D eigenvalue weighted by atomic mass is 9.93. The highest BCUT2D eigenvalue weighted by Crippen LogP contribution is 2.28. The van der Waals surface area contributed by atoms with Crippen LogP contribution in [0.3, 0.4) is 0 Å². The van der Waals surface area contributed by atoms with Gasteiger partial charge in [0.2, 0.25) is 0 Å². The Morgan fingerprint density at radius 1 is 1.20 bits per heavy atom. The average molecular weight is 244 g/mol. The molecule has 0 heterocycles. The third-order valence-electron chi connectivity index (χ3n) is 3.44. The molecule has 0 radical (unpaired) electrons. The molecule has 1 aliphatic carbocycles. The predicted octanol–water partition coefficient (Wildman–Crippen LogP) is 1.63. The van der Waals surface area contributed by atoms with Crippen LogP contribution in [0.15, 0.2) is 0 Å². The molecule has 0 aromatic carbocycles. The van der Waals surface area contributed by atoms with E-state index in [1.807, 2.05) is 0 Å². The summed E-state index contributed by atoms with van der Waals surface area (Å²) in [6, 6.07) is 0.932. The second kappa shape index (κ2) is 5.64. The number of hydrogen-bond donors (Lipinski definition) is 0. The molecule has 1 rings (SSSR count). The quantitative estimate of drug-likeness (QED) is 0.681. The van der Waals surface area contributed by atoms with Gasteiger partial charge in [0.15, 0.2) is 0 Å². The highest BCUT2D eigenvalue weighted by Gasteiger charge is 2.29. The summed E-state index contributed by atoms with van der Waals surface area (Å²) in [5.41, 5.74) is 0.424. The molecule has 1 saturated carbocycles. The third kappa shape index (κ3) is 4.41. The Balaban J connectivity index is 2.61. The van der Waals surface area contributed by atoms with E-state index in [1.165, 1.54) is 42.3 Å². The van der Waals surface area contributed by atoms with E-state index in [-0.39, 0.29) is 9.68 Å². The van der Waals surface area contributed by atoms with Gasteiger partial charge in [0.1, 0.15) is 0 Å². The van der Waals surface area contributed by atoms with Crippen molar-refractivity contribution in [3.63, 3.8) is 0 Å². The van der Waals surface area contributed by atoms with Crippen molar-refractivity contribution in [2.75, 3.05) is 0 Å². The Kier molecular flexibility index (Phi) is 5.06. The minimum atomic E-state index is 0.00610. The second-order valence-corrected chi connectivity index (χ2v) is 12.8. The average Bonchev–Trinajstić information content (AvgIpc) is 2.14. The van der Waals surface area contributed by atoms with Gasteiger partial charge in [0.05, 0.1) is 9.68 Å². The minimum absolute atomic E-state index is 0.00610. The van der Waals surface area contributed by atoms with E-state index in [1.54, 1.807) is 0 Å². The number of nitrogens with zero attached hydrogens (tertiary/aromatic N) is 1. The van der Waals surface area contributed by atoms with Crippen LogP contribution in [-0.4, -0.2) is 36.1 Å². The first-order chi connectivity index (χ1) is 6.91. The highest BCUT2D eigenvalue weighted by atomic mass is 28.3. The molecule has 15 heavy (non-hydrogen) atoms. The van der Waals surface area contributed by atoms with Crippen molar-refractivity contribution in [2.45, 2.75) is 76.5 Å². The van der Waals surface area contributed by atoms with Gasteiger partial charge in [-0.05, 0) is 33.6 Å². The first-order valence-corrected chi connectivity index (χ1v) is 9.28. The van der Waals surface area contributed by atoms with Gasteiger partial charge in [0.25, 0.3) is 0 Å². The van der Waals surface area contributed by atoms with E-state index in [4.69, 9.17) is 0 Å². The molecule has 0 saturated heterocycles. The van der Waals surface area contributed by atoms with Crippen LogP contribution < -0.4 is 0 Å². The molecule has 0 aromatic rings. The van der Waals surface area contributed by atoms with Crippen molar-refractivity contribution >= 4 is 19.9 Å². The summed E-state index contributed by atoms with van der Waals surface area (Å²) in [6.07, 6.45) is 7.37. The van der Waals surface area contributed by atoms with Crippen LogP contribution in [0.2, 0.25) is 5.16 Å². The van der Waals surface area contributed by atoms with Crippen LogP contribution in [-0.2, 0) is 0 Å². The molecule has 3 heteroatoms. The van der Waals surface area contributed by atoms with E-state index in [0.717, 1.165) is 11.2 Å². The zero-order chi connectivity index (χ0) is 11.5. The smallest absolute Gasteiger partial charge is 0.0954 e. The standard InChI is InChI=1S/C12H29NSi2/c1-10(14)15-13(12(2,3)4)11-8-6-5-7-9-11/h10-11H,5-9,15H2,1-4,14H3. The summed E-state index contributed by atoms with van der Waals surface area (Å²) >= 11 is 0. The molecular formula is C12H29NSi2. The van der Waals surface area contributed by atoms with Crippen LogP contribution in [0.25, 0.3) is 0 Å². The summed E-state index contributed by atoms with van der Waals surface area (Å²) in [6.45, 7) is 9.70. The molecule has 0 aromatic heterocycles. The monoisotopic (exact) mass is 243 g/mol. The van der Waals surface area contributed by atoms with Crippen LogP contribution in [0.5, 0.6) is 0 Å². The normalized spacial score (nSPS) is 23.0. The van der Waals surface area contributed by atoms with Gasteiger partial charge in [-0.1, -0.05) is 31.4 Å². The maximum absolute atomic E-state index is 2.92. The largest absolute Gasteiger partial charge is 0.322 e. The fourth-order valence-corrected chi connectivity index (χ4v) is 5.93. The van der Waals surface area contributed by atoms with Gasteiger partial charge in [0, 0.05) is 21.8 Å². The molecule has 1 aliphatic rings. The zero-order valence-corrected chi connectivity index (χ0v) is 14.8. The lowest BCUT2D eigenvalue weighted by Crippen LogP contribution is -2.51. The van der Waals surface area contributed by atoms with Crippen molar-refractivity contribution in [2.24, 2.45) is 0 Å². The Morgan fingerprint density at radius 3 is 2.13 bits per heavy atom. The Hall–Kier alpha value is 0.394. The molecule has 1 atom stereocenters. The fraction of sp³-hybridized carbons (Fsp3) is 1.00. The first-order valence-electron chi connectivity index (χ1n) is 6.68. The molecule has 0 aliphatic heterocycles. The van der Waals surface area contributed by atoms with E-state index in [9.17, 15) is 0 Å². The van der Waals surface area contributed by atoms with Gasteiger partial charge in [-0.2, -0.15) is 0 Å². The molecule has 90 valence electrons. The van der Waals surface area contributed by atoms with Crippen LogP contribution in [0.4, 0.5) is 0 Å². The van der Waals surface area contributed by atoms with Crippen molar-refractivity contribution in [1.82, 2.24) is 4.57 Å². The van der Waals surface area contributed by atoms with Crippen molar-refractivity contribution in [1.29, 1.82) is 0 Å². The van der Waals surface area contributed by atoms with Crippen LogP contribution >= 0.6 is 0 Å². The van der Waals surface area contributed by atoms with Crippen LogP contribution in [0.1, 0.15) is 59.8 Å². The van der Waals surface area contributed by atoms with E-state index >= 15 is 0 Å². The SMILES string of the molecule is CC([SiH3])[SiH2]N(C1CCCCC1)C(C)(C)C. The van der Waals surface area contributed by atoms with Crippen LogP contribution in [0, 0.1) is 0 Å². The number of rotatable bonds is 3. The molecule has 0 bridgehead atoms. The minimum Gasteiger partial charge on any atom is -0.322 e. The Morgan fingerprint density at radius 2 is 1.73 bits per heavy atom. The molecule has 0 spiro atoms. The maximum atomic E-state index is 2.92. The van der Waals surface area contributed by atoms with E-state index in [0.29, 0.717) is 5.54 Å². The molecule has 0 N–H and O–H groups in total. The van der Waals surface area contributed by atoms with Gasteiger partial charge in [-0.25, -0.2) is 0 Å². The highest BCUT2D eigenvalue weighted by molar-refractivity contribution is 6.47. The first kappa shape index (κ1) is 13.5. The summed E-state index contributed by atoms with van der Waals surface area (Å²) in [5.74, 6) is 0. The molecule has 1 unspecified atom stereocenters. The van der Waals surface area contributed by atoms with E-state index < -0.39 is 0 Å². The Labute approximate surface area is 101 Å². The second-order valence-electron chi connectivity index (χ2n) is 6.51. The van der Waals surface area contributed by atoms with Gasteiger partial charge < -0.3 is 4.57 Å². The Bertz CT molecular complexity index is 181. The lowest BCUT2D eigenvalue weighted by molar-refractivity contribution is 0.155.